The Balaban J connectivity index is 1.99. The molecule has 3 N–H and O–H groups in total. The molecule has 1 heterocycles. The highest BCUT2D eigenvalue weighted by molar-refractivity contribution is 7.95. The zero-order chi connectivity index (χ0) is 21.9. The van der Waals surface area contributed by atoms with E-state index in [-0.39, 0.29) is 29.8 Å². The summed E-state index contributed by atoms with van der Waals surface area (Å²) in [6.45, 7) is 0. The first kappa shape index (κ1) is 23.8. The molecule has 14 heteroatoms. The molecule has 0 radical (unpaired) electrons. The van der Waals surface area contributed by atoms with Gasteiger partial charge < -0.3 is 0 Å². The summed E-state index contributed by atoms with van der Waals surface area (Å²) in [5.74, 6) is 0.339. The van der Waals surface area contributed by atoms with Crippen molar-refractivity contribution >= 4 is 38.0 Å². The maximum Gasteiger partial charge on any atom is 0.269 e. The minimum atomic E-state index is -4.41. The highest BCUT2D eigenvalue weighted by Gasteiger charge is 2.41. The van der Waals surface area contributed by atoms with Crippen molar-refractivity contribution in [3.63, 3.8) is 0 Å². The maximum atomic E-state index is 12.1. The Kier molecular flexibility index (Phi) is 7.69. The lowest BCUT2D eigenvalue weighted by Crippen LogP contribution is -2.39. The van der Waals surface area contributed by atoms with Crippen molar-refractivity contribution < 1.29 is 36.0 Å². The molecule has 172 valence electrons. The van der Waals surface area contributed by atoms with E-state index >= 15 is 0 Å². The van der Waals surface area contributed by atoms with Gasteiger partial charge in [0.2, 0.25) is 10.0 Å². The molecule has 0 aliphatic heterocycles. The number of anilines is 1. The normalized spacial score (nSPS) is 26.6. The average Bonchev–Trinajstić information content (AvgIpc) is 3.08. The Morgan fingerprint density at radius 1 is 1.17 bits per heavy atom. The fourth-order valence-electron chi connectivity index (χ4n) is 4.38. The molecule has 3 rings (SSSR count). The SMILES string of the molecule is CS(=O)(=O)Nc1cc(C2CCCCC2)nn1C1CC(SOOO)CCC1S(=O)(=O)O. The molecule has 0 bridgehead atoms. The van der Waals surface area contributed by atoms with Gasteiger partial charge in [0.05, 0.1) is 18.0 Å². The molecule has 0 spiro atoms. The van der Waals surface area contributed by atoms with Gasteiger partial charge in [0.25, 0.3) is 10.1 Å². The highest BCUT2D eigenvalue weighted by atomic mass is 32.2. The van der Waals surface area contributed by atoms with Gasteiger partial charge >= 0.3 is 0 Å². The molecule has 2 saturated carbocycles. The number of rotatable bonds is 8. The van der Waals surface area contributed by atoms with E-state index < -0.39 is 31.4 Å². The minimum Gasteiger partial charge on any atom is -0.285 e. The lowest BCUT2D eigenvalue weighted by atomic mass is 9.87. The second-order valence-electron chi connectivity index (χ2n) is 7.90. The van der Waals surface area contributed by atoms with E-state index in [4.69, 9.17) is 5.26 Å². The van der Waals surface area contributed by atoms with Gasteiger partial charge in [0.15, 0.2) is 0 Å². The summed E-state index contributed by atoms with van der Waals surface area (Å²) in [7, 11) is -8.05. The first-order valence-corrected chi connectivity index (χ1v) is 14.0. The van der Waals surface area contributed by atoms with Crippen molar-refractivity contribution in [3.05, 3.63) is 11.8 Å². The minimum absolute atomic E-state index is 0.118. The third-order valence-electron chi connectivity index (χ3n) is 5.68. The van der Waals surface area contributed by atoms with E-state index in [0.717, 1.165) is 50.4 Å². The molecule has 30 heavy (non-hydrogen) atoms. The highest BCUT2D eigenvalue weighted by Crippen LogP contribution is 2.41. The molecular weight excluding hydrogens is 458 g/mol. The standard InChI is InChI=1S/C16H27N3O8S3/c1-29(21,22)18-16-10-13(11-5-3-2-4-6-11)17-19(16)14-9-12(28-27-26-20)7-8-15(14)30(23,24)25/h10-12,14-15,18,20H,2-9H2,1H3,(H,23,24,25). The van der Waals surface area contributed by atoms with Crippen molar-refractivity contribution in [1.82, 2.24) is 9.78 Å². The zero-order valence-corrected chi connectivity index (χ0v) is 19.0. The van der Waals surface area contributed by atoms with Crippen molar-refractivity contribution in [2.24, 2.45) is 0 Å². The summed E-state index contributed by atoms with van der Waals surface area (Å²) in [6.07, 6.45) is 6.85. The van der Waals surface area contributed by atoms with Crippen molar-refractivity contribution in [3.8, 4) is 0 Å². The molecule has 11 nitrogen and oxygen atoms in total. The number of aromatic nitrogens is 2. The third-order valence-corrected chi connectivity index (χ3v) is 8.41. The molecular formula is C16H27N3O8S3. The van der Waals surface area contributed by atoms with Gasteiger partial charge in [-0.2, -0.15) is 13.5 Å². The summed E-state index contributed by atoms with van der Waals surface area (Å²) in [4.78, 5) is 0. The van der Waals surface area contributed by atoms with Gasteiger partial charge in [0.1, 0.15) is 11.1 Å². The summed E-state index contributed by atoms with van der Waals surface area (Å²) >= 11 is 0.834. The molecule has 2 aliphatic rings. The number of hydrogen-bond acceptors (Lipinski definition) is 9. The predicted molar refractivity (Wildman–Crippen MR) is 111 cm³/mol. The van der Waals surface area contributed by atoms with Crippen molar-refractivity contribution in [2.75, 3.05) is 11.0 Å². The maximum absolute atomic E-state index is 12.1. The fourth-order valence-corrected chi connectivity index (χ4v) is 6.62. The predicted octanol–water partition coefficient (Wildman–Crippen LogP) is 2.72. The van der Waals surface area contributed by atoms with E-state index in [1.54, 1.807) is 6.07 Å². The van der Waals surface area contributed by atoms with Gasteiger partial charge in [-0.05, 0) is 32.1 Å². The van der Waals surface area contributed by atoms with Crippen LogP contribution in [0, 0.1) is 0 Å². The van der Waals surface area contributed by atoms with Crippen molar-refractivity contribution in [1.29, 1.82) is 0 Å². The molecule has 0 aromatic carbocycles. The lowest BCUT2D eigenvalue weighted by Gasteiger charge is -2.34. The Bertz CT molecular complexity index is 928. The Morgan fingerprint density at radius 2 is 1.87 bits per heavy atom. The quantitative estimate of drug-likeness (QED) is 0.216. The first-order valence-electron chi connectivity index (χ1n) is 9.75. The fraction of sp³-hybridized carbons (Fsp3) is 0.812. The average molecular weight is 486 g/mol. The van der Waals surface area contributed by atoms with Crippen LogP contribution in [0.15, 0.2) is 6.07 Å². The van der Waals surface area contributed by atoms with Gasteiger partial charge in [-0.15, -0.1) is 4.33 Å². The van der Waals surface area contributed by atoms with Crippen LogP contribution in [-0.4, -0.2) is 53.2 Å². The van der Waals surface area contributed by atoms with Crippen LogP contribution >= 0.6 is 12.0 Å². The summed E-state index contributed by atoms with van der Waals surface area (Å²) in [5, 5.41) is 15.2. The molecule has 2 fully saturated rings. The van der Waals surface area contributed by atoms with E-state index in [1.807, 2.05) is 0 Å². The van der Waals surface area contributed by atoms with Crippen LogP contribution in [0.5, 0.6) is 0 Å². The molecule has 0 amide bonds. The summed E-state index contributed by atoms with van der Waals surface area (Å²) < 4.78 is 66.1. The topological polar surface area (TPSA) is 157 Å². The van der Waals surface area contributed by atoms with Crippen LogP contribution in [0.1, 0.15) is 69.0 Å². The van der Waals surface area contributed by atoms with Gasteiger partial charge in [0, 0.05) is 29.3 Å². The Labute approximate surface area is 180 Å². The van der Waals surface area contributed by atoms with E-state index in [1.165, 1.54) is 4.68 Å². The van der Waals surface area contributed by atoms with E-state index in [9.17, 15) is 21.4 Å². The Hall–Kier alpha value is -0.900. The van der Waals surface area contributed by atoms with Crippen LogP contribution in [0.3, 0.4) is 0 Å². The second-order valence-corrected chi connectivity index (χ2v) is 12.3. The smallest absolute Gasteiger partial charge is 0.269 e. The van der Waals surface area contributed by atoms with Crippen molar-refractivity contribution in [2.45, 2.75) is 73.8 Å². The van der Waals surface area contributed by atoms with E-state index in [0.29, 0.717) is 12.1 Å². The molecule has 3 atom stereocenters. The number of sulfonamides is 1. The van der Waals surface area contributed by atoms with Gasteiger partial charge in [-0.1, -0.05) is 24.3 Å². The molecule has 0 saturated heterocycles. The van der Waals surface area contributed by atoms with Crippen LogP contribution in [0.2, 0.25) is 0 Å². The molecule has 1 aromatic rings. The van der Waals surface area contributed by atoms with Crippen LogP contribution in [0.4, 0.5) is 5.82 Å². The first-order chi connectivity index (χ1) is 14.1. The van der Waals surface area contributed by atoms with Crippen LogP contribution in [-0.2, 0) is 29.5 Å². The van der Waals surface area contributed by atoms with Crippen LogP contribution < -0.4 is 4.72 Å². The number of hydrogen-bond donors (Lipinski definition) is 3. The Morgan fingerprint density at radius 3 is 2.47 bits per heavy atom. The second kappa shape index (κ2) is 9.71. The lowest BCUT2D eigenvalue weighted by molar-refractivity contribution is -0.432. The third kappa shape index (κ3) is 6.08. The van der Waals surface area contributed by atoms with E-state index in [2.05, 4.69) is 19.2 Å². The number of nitrogens with one attached hydrogen (secondary N) is 1. The monoisotopic (exact) mass is 485 g/mol. The summed E-state index contributed by atoms with van der Waals surface area (Å²) in [6, 6.07) is 0.831. The number of nitrogens with zero attached hydrogens (tertiary/aromatic N) is 2. The van der Waals surface area contributed by atoms with Gasteiger partial charge in [-0.25, -0.2) is 18.4 Å². The summed E-state index contributed by atoms with van der Waals surface area (Å²) in [5.41, 5.74) is 0.708. The largest absolute Gasteiger partial charge is 0.285 e. The molecule has 1 aromatic heterocycles. The van der Waals surface area contributed by atoms with Gasteiger partial charge in [-0.3, -0.25) is 9.27 Å². The van der Waals surface area contributed by atoms with Crippen LogP contribution in [0.25, 0.3) is 0 Å². The molecule has 3 unspecified atom stereocenters. The zero-order valence-electron chi connectivity index (χ0n) is 16.5. The molecule has 2 aliphatic carbocycles.